The lowest BCUT2D eigenvalue weighted by Gasteiger charge is -2.20. The second-order valence-corrected chi connectivity index (χ2v) is 5.11. The van der Waals surface area contributed by atoms with E-state index in [4.69, 9.17) is 0 Å². The predicted octanol–water partition coefficient (Wildman–Crippen LogP) is -0.132. The minimum Gasteiger partial charge on any atom is -0.334 e. The number of hydrogen-bond acceptors (Lipinski definition) is 5. The zero-order valence-corrected chi connectivity index (χ0v) is 12.0. The molecule has 3 rings (SSSR count). The molecule has 1 aliphatic heterocycles. The van der Waals surface area contributed by atoms with Gasteiger partial charge in [-0.25, -0.2) is 9.48 Å². The third kappa shape index (κ3) is 2.36. The number of rotatable bonds is 2. The molecule has 110 valence electrons. The predicted molar refractivity (Wildman–Crippen MR) is 79.9 cm³/mol. The number of nitrogens with one attached hydrogen (secondary N) is 2. The van der Waals surface area contributed by atoms with Gasteiger partial charge in [0, 0.05) is 26.3 Å². The molecule has 1 aromatic heterocycles. The van der Waals surface area contributed by atoms with Crippen molar-refractivity contribution in [3.05, 3.63) is 50.2 Å². The Morgan fingerprint density at radius 2 is 2.10 bits per heavy atom. The highest BCUT2D eigenvalue weighted by Crippen LogP contribution is 2.24. The summed E-state index contributed by atoms with van der Waals surface area (Å²) in [6.45, 7) is 1.73. The number of hydrogen-bond donors (Lipinski definition) is 2. The molecule has 7 nitrogen and oxygen atoms in total. The number of nitrogens with zero attached hydrogens (tertiary/aromatic N) is 3. The van der Waals surface area contributed by atoms with Crippen molar-refractivity contribution in [2.24, 2.45) is 14.1 Å². The second kappa shape index (κ2) is 5.17. The number of aromatic nitrogens is 3. The largest absolute Gasteiger partial charge is 0.346 e. The molecule has 0 atom stereocenters. The fourth-order valence-corrected chi connectivity index (χ4v) is 2.55. The molecule has 1 aliphatic rings. The van der Waals surface area contributed by atoms with Crippen LogP contribution < -0.4 is 21.9 Å². The van der Waals surface area contributed by atoms with Crippen molar-refractivity contribution in [2.45, 2.75) is 13.0 Å². The molecule has 1 aromatic carbocycles. The van der Waals surface area contributed by atoms with Crippen molar-refractivity contribution in [2.75, 3.05) is 11.9 Å². The molecule has 2 aromatic rings. The number of aryl methyl sites for hydroxylation is 1. The molecule has 0 saturated heterocycles. The summed E-state index contributed by atoms with van der Waals surface area (Å²) in [5.74, 6) is 0.159. The summed E-state index contributed by atoms with van der Waals surface area (Å²) < 4.78 is 2.20. The van der Waals surface area contributed by atoms with Crippen LogP contribution in [0.3, 0.4) is 0 Å². The number of benzene rings is 1. The van der Waals surface area contributed by atoms with E-state index in [1.54, 1.807) is 0 Å². The molecule has 0 radical (unpaired) electrons. The molecular formula is C14H17N5O2. The Balaban J connectivity index is 2.06. The Morgan fingerprint density at radius 1 is 1.29 bits per heavy atom. The zero-order valence-electron chi connectivity index (χ0n) is 12.0. The van der Waals surface area contributed by atoms with E-state index < -0.39 is 11.2 Å². The van der Waals surface area contributed by atoms with E-state index in [1.807, 2.05) is 12.1 Å². The number of fused-ring (bicyclic) bond motifs is 1. The summed E-state index contributed by atoms with van der Waals surface area (Å²) >= 11 is 0. The lowest BCUT2D eigenvalue weighted by Crippen LogP contribution is -2.39. The van der Waals surface area contributed by atoms with Crippen molar-refractivity contribution >= 4 is 11.5 Å². The molecule has 0 aliphatic carbocycles. The third-order valence-corrected chi connectivity index (χ3v) is 3.71. The highest BCUT2D eigenvalue weighted by molar-refractivity contribution is 5.62. The first-order valence-electron chi connectivity index (χ1n) is 6.81. The van der Waals surface area contributed by atoms with Crippen molar-refractivity contribution < 1.29 is 0 Å². The average molecular weight is 287 g/mol. The third-order valence-electron chi connectivity index (χ3n) is 3.71. The average Bonchev–Trinajstić information content (AvgIpc) is 2.51. The fraction of sp³-hybridized carbons (Fsp3) is 0.357. The first-order chi connectivity index (χ1) is 10.1. The second-order valence-electron chi connectivity index (χ2n) is 5.11. The molecule has 0 fully saturated rings. The summed E-state index contributed by atoms with van der Waals surface area (Å²) in [5.41, 5.74) is 2.41. The topological polar surface area (TPSA) is 81.0 Å². The summed E-state index contributed by atoms with van der Waals surface area (Å²) in [5, 5.41) is 10.4. The van der Waals surface area contributed by atoms with Gasteiger partial charge >= 0.3 is 5.69 Å². The van der Waals surface area contributed by atoms with Crippen LogP contribution in [0.25, 0.3) is 0 Å². The standard InChI is InChI=1S/C14H17N5O2/c1-18-13(20)12(17-19(2)14(18)21)16-11-5-3-4-9-8-15-7-6-10(9)11/h3-5,15H,6-8H2,1-2H3,(H,16,17). The van der Waals surface area contributed by atoms with Crippen molar-refractivity contribution in [1.82, 2.24) is 19.7 Å². The first kappa shape index (κ1) is 13.6. The molecule has 0 saturated carbocycles. The van der Waals surface area contributed by atoms with Gasteiger partial charge < -0.3 is 10.6 Å². The van der Waals surface area contributed by atoms with Gasteiger partial charge in [0.25, 0.3) is 5.56 Å². The molecule has 2 heterocycles. The van der Waals surface area contributed by atoms with E-state index in [0.717, 1.165) is 34.4 Å². The maximum absolute atomic E-state index is 12.1. The minimum absolute atomic E-state index is 0.159. The highest BCUT2D eigenvalue weighted by Gasteiger charge is 2.15. The summed E-state index contributed by atoms with van der Waals surface area (Å²) in [4.78, 5) is 23.8. The van der Waals surface area contributed by atoms with Gasteiger partial charge in [0.2, 0.25) is 5.82 Å². The van der Waals surface area contributed by atoms with E-state index >= 15 is 0 Å². The molecule has 0 unspecified atom stereocenters. The Hall–Kier alpha value is -2.41. The lowest BCUT2D eigenvalue weighted by molar-refractivity contribution is 0.606. The van der Waals surface area contributed by atoms with Gasteiger partial charge in [0.05, 0.1) is 0 Å². The van der Waals surface area contributed by atoms with Crippen LogP contribution in [-0.2, 0) is 27.1 Å². The van der Waals surface area contributed by atoms with Crippen molar-refractivity contribution in [3.63, 3.8) is 0 Å². The molecule has 21 heavy (non-hydrogen) atoms. The minimum atomic E-state index is -0.440. The molecule has 2 N–H and O–H groups in total. The van der Waals surface area contributed by atoms with Crippen LogP contribution in [0.2, 0.25) is 0 Å². The van der Waals surface area contributed by atoms with Crippen LogP contribution in [-0.4, -0.2) is 20.9 Å². The van der Waals surface area contributed by atoms with Crippen molar-refractivity contribution in [1.29, 1.82) is 0 Å². The van der Waals surface area contributed by atoms with Gasteiger partial charge in [-0.3, -0.25) is 9.36 Å². The van der Waals surface area contributed by atoms with Gasteiger partial charge in [-0.15, -0.1) is 5.10 Å². The smallest absolute Gasteiger partial charge is 0.334 e. The Kier molecular flexibility index (Phi) is 3.34. The van der Waals surface area contributed by atoms with Crippen LogP contribution >= 0.6 is 0 Å². The normalized spacial score (nSPS) is 13.8. The van der Waals surface area contributed by atoms with Crippen molar-refractivity contribution in [3.8, 4) is 0 Å². The maximum Gasteiger partial charge on any atom is 0.346 e. The van der Waals surface area contributed by atoms with Crippen LogP contribution in [0, 0.1) is 0 Å². The zero-order chi connectivity index (χ0) is 15.0. The van der Waals surface area contributed by atoms with Crippen LogP contribution in [0.5, 0.6) is 0 Å². The summed E-state index contributed by atoms with van der Waals surface area (Å²) in [6.07, 6.45) is 0.893. The maximum atomic E-state index is 12.1. The Bertz CT molecular complexity index is 806. The Morgan fingerprint density at radius 3 is 2.90 bits per heavy atom. The molecule has 0 bridgehead atoms. The first-order valence-corrected chi connectivity index (χ1v) is 6.81. The van der Waals surface area contributed by atoms with E-state index in [-0.39, 0.29) is 5.82 Å². The molecule has 7 heteroatoms. The van der Waals surface area contributed by atoms with Crippen LogP contribution in [0.1, 0.15) is 11.1 Å². The van der Waals surface area contributed by atoms with Crippen LogP contribution in [0.4, 0.5) is 11.5 Å². The van der Waals surface area contributed by atoms with Gasteiger partial charge in [-0.1, -0.05) is 12.1 Å². The van der Waals surface area contributed by atoms with E-state index in [2.05, 4.69) is 21.8 Å². The highest BCUT2D eigenvalue weighted by atomic mass is 16.2. The number of anilines is 2. The quantitative estimate of drug-likeness (QED) is 0.804. The van der Waals surface area contributed by atoms with Gasteiger partial charge in [-0.05, 0) is 30.2 Å². The lowest BCUT2D eigenvalue weighted by atomic mass is 9.99. The molecule has 0 amide bonds. The van der Waals surface area contributed by atoms with Crippen LogP contribution in [0.15, 0.2) is 27.8 Å². The van der Waals surface area contributed by atoms with E-state index in [1.165, 1.54) is 25.2 Å². The fourth-order valence-electron chi connectivity index (χ4n) is 2.55. The van der Waals surface area contributed by atoms with E-state index in [9.17, 15) is 9.59 Å². The monoisotopic (exact) mass is 287 g/mol. The van der Waals surface area contributed by atoms with Gasteiger partial charge in [0.15, 0.2) is 0 Å². The van der Waals surface area contributed by atoms with Gasteiger partial charge in [0.1, 0.15) is 0 Å². The summed E-state index contributed by atoms with van der Waals surface area (Å²) in [6, 6.07) is 5.94. The molecular weight excluding hydrogens is 270 g/mol. The van der Waals surface area contributed by atoms with E-state index in [0.29, 0.717) is 0 Å². The molecule has 0 spiro atoms. The Labute approximate surface area is 121 Å². The van der Waals surface area contributed by atoms with Gasteiger partial charge in [-0.2, -0.15) is 0 Å². The SMILES string of the molecule is Cn1nc(Nc2cccc3c2CCNC3)c(=O)n(C)c1=O. The summed E-state index contributed by atoms with van der Waals surface area (Å²) in [7, 11) is 2.97.